The fraction of sp³-hybridized carbons (Fsp3) is 0.545. The molecule has 0 aliphatic heterocycles. The highest BCUT2D eigenvalue weighted by atomic mass is 32.1. The average Bonchev–Trinajstić information content (AvgIpc) is 2.68. The third kappa shape index (κ3) is 4.01. The van der Waals surface area contributed by atoms with Gasteiger partial charge in [0.25, 0.3) is 0 Å². The van der Waals surface area contributed by atoms with Crippen LogP contribution in [0.2, 0.25) is 0 Å². The van der Waals surface area contributed by atoms with E-state index in [4.69, 9.17) is 0 Å². The molecular weight excluding hydrogens is 208 g/mol. The van der Waals surface area contributed by atoms with Gasteiger partial charge in [-0.2, -0.15) is 0 Å². The normalized spacial score (nSPS) is 14.6. The van der Waals surface area contributed by atoms with Gasteiger partial charge in [0.2, 0.25) is 5.91 Å². The Morgan fingerprint density at radius 2 is 2.27 bits per heavy atom. The molecular formula is C11H18N2OS. The lowest BCUT2D eigenvalue weighted by atomic mass is 10.2. The lowest BCUT2D eigenvalue weighted by Gasteiger charge is -2.18. The summed E-state index contributed by atoms with van der Waals surface area (Å²) >= 11 is 1.75. The summed E-state index contributed by atoms with van der Waals surface area (Å²) in [5.41, 5.74) is 0. The second-order valence-electron chi connectivity index (χ2n) is 3.69. The van der Waals surface area contributed by atoms with Crippen molar-refractivity contribution in [1.82, 2.24) is 10.6 Å². The van der Waals surface area contributed by atoms with Crippen molar-refractivity contribution in [2.24, 2.45) is 0 Å². The Bertz CT molecular complexity index is 298. The first-order chi connectivity index (χ1) is 7.13. The van der Waals surface area contributed by atoms with E-state index in [0.717, 1.165) is 6.42 Å². The minimum atomic E-state index is -0.134. The third-order valence-corrected chi connectivity index (χ3v) is 3.16. The monoisotopic (exact) mass is 226 g/mol. The van der Waals surface area contributed by atoms with Crippen molar-refractivity contribution >= 4 is 17.2 Å². The van der Waals surface area contributed by atoms with Gasteiger partial charge in [-0.3, -0.25) is 4.79 Å². The lowest BCUT2D eigenvalue weighted by molar-refractivity contribution is -0.122. The maximum atomic E-state index is 11.3. The zero-order valence-corrected chi connectivity index (χ0v) is 10.2. The number of thiophene rings is 1. The molecule has 0 spiro atoms. The fourth-order valence-corrected chi connectivity index (χ4v) is 2.34. The van der Waals surface area contributed by atoms with Crippen molar-refractivity contribution in [2.45, 2.75) is 32.4 Å². The summed E-state index contributed by atoms with van der Waals surface area (Å²) in [5, 5.41) is 7.97. The van der Waals surface area contributed by atoms with Crippen LogP contribution >= 0.6 is 11.3 Å². The third-order valence-electron chi connectivity index (χ3n) is 2.26. The summed E-state index contributed by atoms with van der Waals surface area (Å²) in [5.74, 6) is 0.0352. The molecule has 2 unspecified atom stereocenters. The zero-order valence-electron chi connectivity index (χ0n) is 9.41. The first-order valence-corrected chi connectivity index (χ1v) is 6.01. The molecule has 1 rings (SSSR count). The summed E-state index contributed by atoms with van der Waals surface area (Å²) in [7, 11) is 1.66. The molecule has 0 bridgehead atoms. The van der Waals surface area contributed by atoms with Crippen molar-refractivity contribution in [1.29, 1.82) is 0 Å². The topological polar surface area (TPSA) is 41.1 Å². The Labute approximate surface area is 94.9 Å². The maximum Gasteiger partial charge on any atom is 0.236 e. The van der Waals surface area contributed by atoms with Crippen LogP contribution in [0, 0.1) is 0 Å². The average molecular weight is 226 g/mol. The van der Waals surface area contributed by atoms with Crippen LogP contribution in [0.4, 0.5) is 0 Å². The number of nitrogens with one attached hydrogen (secondary N) is 2. The molecule has 2 atom stereocenters. The van der Waals surface area contributed by atoms with Crippen LogP contribution in [-0.4, -0.2) is 25.0 Å². The SMILES string of the molecule is CNC(=O)C(C)NC(C)Cc1cccs1. The molecule has 1 heterocycles. The molecule has 0 saturated heterocycles. The van der Waals surface area contributed by atoms with E-state index in [1.165, 1.54) is 4.88 Å². The van der Waals surface area contributed by atoms with E-state index in [0.29, 0.717) is 6.04 Å². The highest BCUT2D eigenvalue weighted by Crippen LogP contribution is 2.11. The molecule has 84 valence electrons. The van der Waals surface area contributed by atoms with E-state index in [-0.39, 0.29) is 11.9 Å². The Kier molecular flexibility index (Phi) is 4.78. The first-order valence-electron chi connectivity index (χ1n) is 5.13. The number of likely N-dealkylation sites (N-methyl/N-ethyl adjacent to an activating group) is 1. The van der Waals surface area contributed by atoms with Gasteiger partial charge in [-0.05, 0) is 31.7 Å². The Morgan fingerprint density at radius 3 is 2.80 bits per heavy atom. The predicted molar refractivity (Wildman–Crippen MR) is 64.1 cm³/mol. The van der Waals surface area contributed by atoms with Crippen LogP contribution in [0.15, 0.2) is 17.5 Å². The molecule has 15 heavy (non-hydrogen) atoms. The van der Waals surface area contributed by atoms with Crippen molar-refractivity contribution in [3.05, 3.63) is 22.4 Å². The van der Waals surface area contributed by atoms with Crippen LogP contribution in [0.3, 0.4) is 0 Å². The quantitative estimate of drug-likeness (QED) is 0.797. The van der Waals surface area contributed by atoms with Gasteiger partial charge in [0, 0.05) is 18.0 Å². The second-order valence-corrected chi connectivity index (χ2v) is 4.72. The van der Waals surface area contributed by atoms with Crippen molar-refractivity contribution in [3.63, 3.8) is 0 Å². The van der Waals surface area contributed by atoms with Crippen molar-refractivity contribution < 1.29 is 4.79 Å². The summed E-state index contributed by atoms with van der Waals surface area (Å²) in [6, 6.07) is 4.35. The van der Waals surface area contributed by atoms with Crippen molar-refractivity contribution in [3.8, 4) is 0 Å². The van der Waals surface area contributed by atoms with Gasteiger partial charge in [-0.1, -0.05) is 6.07 Å². The highest BCUT2D eigenvalue weighted by molar-refractivity contribution is 7.09. The fourth-order valence-electron chi connectivity index (χ4n) is 1.51. The van der Waals surface area contributed by atoms with Crippen LogP contribution in [0.1, 0.15) is 18.7 Å². The number of carbonyl (C=O) groups is 1. The molecule has 1 aromatic heterocycles. The molecule has 4 heteroatoms. The van der Waals surface area contributed by atoms with Gasteiger partial charge in [-0.25, -0.2) is 0 Å². The zero-order chi connectivity index (χ0) is 11.3. The van der Waals surface area contributed by atoms with E-state index in [1.807, 2.05) is 6.92 Å². The van der Waals surface area contributed by atoms with E-state index >= 15 is 0 Å². The summed E-state index contributed by atoms with van der Waals surface area (Å²) in [4.78, 5) is 12.6. The molecule has 0 aromatic carbocycles. The molecule has 3 nitrogen and oxygen atoms in total. The van der Waals surface area contributed by atoms with Gasteiger partial charge in [0.05, 0.1) is 6.04 Å². The molecule has 0 radical (unpaired) electrons. The van der Waals surface area contributed by atoms with Gasteiger partial charge in [0.15, 0.2) is 0 Å². The molecule has 0 aliphatic rings. The molecule has 0 fully saturated rings. The number of rotatable bonds is 5. The molecule has 2 N–H and O–H groups in total. The van der Waals surface area contributed by atoms with Crippen molar-refractivity contribution in [2.75, 3.05) is 7.05 Å². The van der Waals surface area contributed by atoms with Crippen LogP contribution in [0.5, 0.6) is 0 Å². The number of hydrogen-bond donors (Lipinski definition) is 2. The molecule has 0 saturated carbocycles. The number of carbonyl (C=O) groups excluding carboxylic acids is 1. The van der Waals surface area contributed by atoms with Gasteiger partial charge in [-0.15, -0.1) is 11.3 Å². The molecule has 1 amide bonds. The standard InChI is InChI=1S/C11H18N2OS/c1-8(7-10-5-4-6-15-10)13-9(2)11(14)12-3/h4-6,8-9,13H,7H2,1-3H3,(H,12,14). The van der Waals surface area contributed by atoms with E-state index in [2.05, 4.69) is 35.1 Å². The first kappa shape index (κ1) is 12.2. The summed E-state index contributed by atoms with van der Waals surface area (Å²) in [6.07, 6.45) is 0.971. The highest BCUT2D eigenvalue weighted by Gasteiger charge is 2.13. The van der Waals surface area contributed by atoms with E-state index in [1.54, 1.807) is 18.4 Å². The van der Waals surface area contributed by atoms with E-state index in [9.17, 15) is 4.79 Å². The number of hydrogen-bond acceptors (Lipinski definition) is 3. The molecule has 0 aliphatic carbocycles. The summed E-state index contributed by atoms with van der Waals surface area (Å²) < 4.78 is 0. The second kappa shape index (κ2) is 5.88. The van der Waals surface area contributed by atoms with Crippen LogP contribution < -0.4 is 10.6 Å². The van der Waals surface area contributed by atoms with Gasteiger partial charge in [0.1, 0.15) is 0 Å². The lowest BCUT2D eigenvalue weighted by Crippen LogP contribution is -2.45. The largest absolute Gasteiger partial charge is 0.358 e. The van der Waals surface area contributed by atoms with Gasteiger partial charge < -0.3 is 10.6 Å². The Balaban J connectivity index is 2.35. The van der Waals surface area contributed by atoms with Crippen LogP contribution in [-0.2, 0) is 11.2 Å². The Hall–Kier alpha value is -0.870. The van der Waals surface area contributed by atoms with Crippen LogP contribution in [0.25, 0.3) is 0 Å². The minimum absolute atomic E-state index is 0.0352. The maximum absolute atomic E-state index is 11.3. The van der Waals surface area contributed by atoms with E-state index < -0.39 is 0 Å². The van der Waals surface area contributed by atoms with Gasteiger partial charge >= 0.3 is 0 Å². The molecule has 1 aromatic rings. The Morgan fingerprint density at radius 1 is 1.53 bits per heavy atom. The number of amides is 1. The summed E-state index contributed by atoms with van der Waals surface area (Å²) in [6.45, 7) is 3.98. The minimum Gasteiger partial charge on any atom is -0.358 e. The smallest absolute Gasteiger partial charge is 0.236 e. The predicted octanol–water partition coefficient (Wildman–Crippen LogP) is 1.40.